The Labute approximate surface area is 160 Å². The van der Waals surface area contributed by atoms with Crippen molar-refractivity contribution in [2.75, 3.05) is 11.1 Å². The Bertz CT molecular complexity index is 763. The van der Waals surface area contributed by atoms with Gasteiger partial charge in [0.05, 0.1) is 22.4 Å². The van der Waals surface area contributed by atoms with Crippen LogP contribution in [0.4, 0.5) is 5.69 Å². The summed E-state index contributed by atoms with van der Waals surface area (Å²) in [6.45, 7) is 3.58. The van der Waals surface area contributed by atoms with E-state index in [0.29, 0.717) is 21.3 Å². The van der Waals surface area contributed by atoms with Crippen LogP contribution in [-0.4, -0.2) is 23.7 Å². The number of carbonyl (C=O) groups is 2. The molecule has 0 spiro atoms. The van der Waals surface area contributed by atoms with Crippen molar-refractivity contribution >= 4 is 52.5 Å². The zero-order valence-corrected chi connectivity index (χ0v) is 16.0. The highest BCUT2D eigenvalue weighted by atomic mass is 35.5. The fourth-order valence-electron chi connectivity index (χ4n) is 1.90. The maximum absolute atomic E-state index is 12.0. The van der Waals surface area contributed by atoms with E-state index in [1.165, 1.54) is 11.8 Å². The van der Waals surface area contributed by atoms with Gasteiger partial charge in [-0.15, -0.1) is 11.8 Å². The molecule has 132 valence electrons. The summed E-state index contributed by atoms with van der Waals surface area (Å²) < 4.78 is 5.11. The first-order valence-electron chi connectivity index (χ1n) is 7.54. The third-order valence-electron chi connectivity index (χ3n) is 3.00. The molecule has 4 nitrogen and oxygen atoms in total. The van der Waals surface area contributed by atoms with Gasteiger partial charge in [0.1, 0.15) is 0 Å². The molecule has 1 N–H and O–H groups in total. The second kappa shape index (κ2) is 9.13. The van der Waals surface area contributed by atoms with Gasteiger partial charge in [0.25, 0.3) is 0 Å². The lowest BCUT2D eigenvalue weighted by molar-refractivity contribution is -0.113. The molecule has 0 fully saturated rings. The molecule has 0 aliphatic carbocycles. The molecular formula is C18H17Cl2NO3S. The van der Waals surface area contributed by atoms with Crippen molar-refractivity contribution in [3.63, 3.8) is 0 Å². The zero-order chi connectivity index (χ0) is 18.4. The highest BCUT2D eigenvalue weighted by molar-refractivity contribution is 8.00. The van der Waals surface area contributed by atoms with Crippen molar-refractivity contribution in [1.82, 2.24) is 0 Å². The lowest BCUT2D eigenvalue weighted by atomic mass is 10.2. The van der Waals surface area contributed by atoms with E-state index in [1.54, 1.807) is 56.3 Å². The van der Waals surface area contributed by atoms with Crippen molar-refractivity contribution in [3.8, 4) is 0 Å². The van der Waals surface area contributed by atoms with E-state index in [0.717, 1.165) is 4.90 Å². The molecule has 0 saturated carbocycles. The van der Waals surface area contributed by atoms with Crippen LogP contribution >= 0.6 is 35.0 Å². The summed E-state index contributed by atoms with van der Waals surface area (Å²) in [4.78, 5) is 24.6. The smallest absolute Gasteiger partial charge is 0.338 e. The van der Waals surface area contributed by atoms with E-state index in [1.807, 2.05) is 0 Å². The minimum atomic E-state index is -0.390. The van der Waals surface area contributed by atoms with Crippen molar-refractivity contribution < 1.29 is 14.3 Å². The molecule has 2 rings (SSSR count). The number of esters is 1. The number of benzene rings is 2. The quantitative estimate of drug-likeness (QED) is 0.531. The van der Waals surface area contributed by atoms with Gasteiger partial charge in [-0.05, 0) is 56.3 Å². The number of hydrogen-bond donors (Lipinski definition) is 1. The van der Waals surface area contributed by atoms with E-state index in [9.17, 15) is 9.59 Å². The van der Waals surface area contributed by atoms with Crippen molar-refractivity contribution in [1.29, 1.82) is 0 Å². The molecule has 0 heterocycles. The van der Waals surface area contributed by atoms with Gasteiger partial charge in [0.2, 0.25) is 5.91 Å². The predicted molar refractivity (Wildman–Crippen MR) is 103 cm³/mol. The zero-order valence-electron chi connectivity index (χ0n) is 13.7. The van der Waals surface area contributed by atoms with Crippen molar-refractivity contribution in [3.05, 3.63) is 58.1 Å². The number of rotatable bonds is 6. The normalized spacial score (nSPS) is 10.6. The Balaban J connectivity index is 1.90. The monoisotopic (exact) mass is 397 g/mol. The van der Waals surface area contributed by atoms with Crippen LogP contribution in [0.2, 0.25) is 10.0 Å². The molecule has 0 unspecified atom stereocenters. The molecule has 0 radical (unpaired) electrons. The SMILES string of the molecule is CC(C)OC(=O)c1ccc(NC(=O)CSc2cc(Cl)ccc2Cl)cc1. The second-order valence-corrected chi connectivity index (χ2v) is 7.30. The van der Waals surface area contributed by atoms with Gasteiger partial charge in [-0.3, -0.25) is 4.79 Å². The summed E-state index contributed by atoms with van der Waals surface area (Å²) in [5, 5.41) is 3.88. The van der Waals surface area contributed by atoms with Crippen LogP contribution in [0, 0.1) is 0 Å². The third-order valence-corrected chi connectivity index (χ3v) is 4.73. The summed E-state index contributed by atoms with van der Waals surface area (Å²) in [7, 11) is 0. The molecule has 0 atom stereocenters. The average Bonchev–Trinajstić information content (AvgIpc) is 2.55. The molecule has 0 aromatic heterocycles. The minimum absolute atomic E-state index is 0.179. The topological polar surface area (TPSA) is 55.4 Å². The Morgan fingerprint density at radius 2 is 1.80 bits per heavy atom. The number of halogens is 2. The van der Waals surface area contributed by atoms with E-state index in [4.69, 9.17) is 27.9 Å². The largest absolute Gasteiger partial charge is 0.459 e. The predicted octanol–water partition coefficient (Wildman–Crippen LogP) is 5.29. The first-order valence-corrected chi connectivity index (χ1v) is 9.28. The Hall–Kier alpha value is -1.69. The molecule has 0 bridgehead atoms. The van der Waals surface area contributed by atoms with Crippen LogP contribution in [0.25, 0.3) is 0 Å². The highest BCUT2D eigenvalue weighted by Gasteiger charge is 2.10. The second-order valence-electron chi connectivity index (χ2n) is 5.44. The van der Waals surface area contributed by atoms with Gasteiger partial charge in [-0.2, -0.15) is 0 Å². The first kappa shape index (κ1) is 19.6. The Morgan fingerprint density at radius 1 is 1.12 bits per heavy atom. The van der Waals surface area contributed by atoms with Crippen LogP contribution in [0.15, 0.2) is 47.4 Å². The van der Waals surface area contributed by atoms with Gasteiger partial charge < -0.3 is 10.1 Å². The molecule has 2 aromatic rings. The summed E-state index contributed by atoms with van der Waals surface area (Å²) in [5.74, 6) is -0.380. The standard InChI is InChI=1S/C18H17Cl2NO3S/c1-11(2)24-18(23)12-3-6-14(7-4-12)21-17(22)10-25-16-9-13(19)5-8-15(16)20/h3-9,11H,10H2,1-2H3,(H,21,22). The molecule has 0 saturated heterocycles. The van der Waals surface area contributed by atoms with Gasteiger partial charge in [-0.1, -0.05) is 23.2 Å². The van der Waals surface area contributed by atoms with Gasteiger partial charge in [-0.25, -0.2) is 4.79 Å². The number of ether oxygens (including phenoxy) is 1. The lowest BCUT2D eigenvalue weighted by Crippen LogP contribution is -2.14. The fourth-order valence-corrected chi connectivity index (χ4v) is 3.19. The van der Waals surface area contributed by atoms with E-state index < -0.39 is 0 Å². The number of amides is 1. The van der Waals surface area contributed by atoms with Crippen LogP contribution in [0.1, 0.15) is 24.2 Å². The lowest BCUT2D eigenvalue weighted by Gasteiger charge is -2.09. The number of thioether (sulfide) groups is 1. The molecule has 0 aliphatic heterocycles. The molecular weight excluding hydrogens is 381 g/mol. The average molecular weight is 398 g/mol. The highest BCUT2D eigenvalue weighted by Crippen LogP contribution is 2.29. The summed E-state index contributed by atoms with van der Waals surface area (Å²) >= 11 is 13.3. The van der Waals surface area contributed by atoms with Crippen molar-refractivity contribution in [2.45, 2.75) is 24.8 Å². The van der Waals surface area contributed by atoms with E-state index in [-0.39, 0.29) is 23.7 Å². The number of anilines is 1. The fraction of sp³-hybridized carbons (Fsp3) is 0.222. The van der Waals surface area contributed by atoms with Gasteiger partial charge in [0, 0.05) is 15.6 Å². The molecule has 7 heteroatoms. The molecule has 1 amide bonds. The van der Waals surface area contributed by atoms with Crippen LogP contribution in [-0.2, 0) is 9.53 Å². The van der Waals surface area contributed by atoms with E-state index in [2.05, 4.69) is 5.32 Å². The number of carbonyl (C=O) groups excluding carboxylic acids is 2. The number of nitrogens with one attached hydrogen (secondary N) is 1. The van der Waals surface area contributed by atoms with Crippen LogP contribution in [0.5, 0.6) is 0 Å². The summed E-state index contributed by atoms with van der Waals surface area (Å²) in [6.07, 6.45) is -0.179. The first-order chi connectivity index (χ1) is 11.8. The van der Waals surface area contributed by atoms with Crippen LogP contribution < -0.4 is 5.32 Å². The van der Waals surface area contributed by atoms with Gasteiger partial charge >= 0.3 is 5.97 Å². The third kappa shape index (κ3) is 6.27. The summed E-state index contributed by atoms with van der Waals surface area (Å²) in [6, 6.07) is 11.6. The number of hydrogen-bond acceptors (Lipinski definition) is 4. The molecule has 2 aromatic carbocycles. The van der Waals surface area contributed by atoms with Gasteiger partial charge in [0.15, 0.2) is 0 Å². The van der Waals surface area contributed by atoms with Crippen molar-refractivity contribution in [2.24, 2.45) is 0 Å². The minimum Gasteiger partial charge on any atom is -0.459 e. The molecule has 0 aliphatic rings. The maximum Gasteiger partial charge on any atom is 0.338 e. The Morgan fingerprint density at radius 3 is 2.44 bits per heavy atom. The Kier molecular flexibility index (Phi) is 7.17. The van der Waals surface area contributed by atoms with E-state index >= 15 is 0 Å². The summed E-state index contributed by atoms with van der Waals surface area (Å²) in [5.41, 5.74) is 1.04. The molecule has 25 heavy (non-hydrogen) atoms. The van der Waals surface area contributed by atoms with Crippen LogP contribution in [0.3, 0.4) is 0 Å². The maximum atomic E-state index is 12.0.